The van der Waals surface area contributed by atoms with Crippen LogP contribution in [0.3, 0.4) is 0 Å². The average Bonchev–Trinajstić information content (AvgIpc) is 3.35. The minimum absolute atomic E-state index is 0.104. The van der Waals surface area contributed by atoms with E-state index in [0.29, 0.717) is 27.8 Å². The highest BCUT2D eigenvalue weighted by Crippen LogP contribution is 2.31. The molecule has 4 nitrogen and oxygen atoms in total. The zero-order valence-electron chi connectivity index (χ0n) is 18.8. The van der Waals surface area contributed by atoms with Crippen LogP contribution in [-0.4, -0.2) is 15.4 Å². The second kappa shape index (κ2) is 10.1. The zero-order valence-corrected chi connectivity index (χ0v) is 18.8. The monoisotopic (exact) mass is 510 g/mol. The molecule has 3 aromatic carbocycles. The van der Waals surface area contributed by atoms with Crippen LogP contribution in [0.1, 0.15) is 39.1 Å². The van der Waals surface area contributed by atoms with Gasteiger partial charge < -0.3 is 0 Å². The second-order valence-corrected chi connectivity index (χ2v) is 7.95. The van der Waals surface area contributed by atoms with E-state index in [4.69, 9.17) is 0 Å². The van der Waals surface area contributed by atoms with Crippen molar-refractivity contribution in [1.82, 2.24) is 15.4 Å². The number of nitriles is 1. The number of alkyl halides is 6. The molecule has 4 rings (SSSR count). The van der Waals surface area contributed by atoms with Crippen molar-refractivity contribution in [3.63, 3.8) is 0 Å². The summed E-state index contributed by atoms with van der Waals surface area (Å²) in [5, 5.41) is 19.4. The van der Waals surface area contributed by atoms with Gasteiger partial charge in [-0.25, -0.2) is 5.10 Å². The summed E-state index contributed by atoms with van der Waals surface area (Å²) in [6.45, 7) is 0. The number of hydrogen-bond donors (Lipinski definition) is 1. The topological polar surface area (TPSA) is 65.4 Å². The standard InChI is InChI=1S/C27H16F6N4/c28-26(29,30)22-5-1-3-17(14-22)7-9-19-11-20(13-21(12-19)25-24(16-34)35-37-36-25)10-8-18-4-2-6-23(15-18)27(31,32)33/h1-15H,(H,35,36,37)/b9-7+,10-8+. The Hall–Kier alpha value is -4.65. The minimum atomic E-state index is -4.48. The summed E-state index contributed by atoms with van der Waals surface area (Å²) in [6.07, 6.45) is -2.78. The highest BCUT2D eigenvalue weighted by atomic mass is 19.4. The van der Waals surface area contributed by atoms with E-state index in [1.807, 2.05) is 6.07 Å². The number of nitrogens with one attached hydrogen (secondary N) is 1. The van der Waals surface area contributed by atoms with Crippen LogP contribution in [0.4, 0.5) is 26.3 Å². The Kier molecular flexibility index (Phi) is 6.98. The van der Waals surface area contributed by atoms with Crippen molar-refractivity contribution in [1.29, 1.82) is 5.26 Å². The van der Waals surface area contributed by atoms with E-state index in [-0.39, 0.29) is 11.4 Å². The molecule has 0 fully saturated rings. The summed E-state index contributed by atoms with van der Waals surface area (Å²) in [6, 6.07) is 16.6. The fourth-order valence-electron chi connectivity index (χ4n) is 3.54. The molecule has 0 amide bonds. The van der Waals surface area contributed by atoms with Crippen LogP contribution < -0.4 is 0 Å². The van der Waals surface area contributed by atoms with Crippen molar-refractivity contribution in [3.05, 3.63) is 106 Å². The summed E-state index contributed by atoms with van der Waals surface area (Å²) in [4.78, 5) is 0. The van der Waals surface area contributed by atoms with Crippen LogP contribution in [-0.2, 0) is 12.4 Å². The van der Waals surface area contributed by atoms with Crippen molar-refractivity contribution >= 4 is 24.3 Å². The quantitative estimate of drug-likeness (QED) is 0.221. The third-order valence-corrected chi connectivity index (χ3v) is 5.28. The molecule has 4 aromatic rings. The number of benzene rings is 3. The Labute approximate surface area is 207 Å². The lowest BCUT2D eigenvalue weighted by atomic mass is 10.0. The molecule has 0 atom stereocenters. The minimum Gasteiger partial charge on any atom is -0.247 e. The second-order valence-electron chi connectivity index (χ2n) is 7.95. The van der Waals surface area contributed by atoms with Crippen molar-refractivity contribution < 1.29 is 26.3 Å². The lowest BCUT2D eigenvalue weighted by Gasteiger charge is -2.07. The van der Waals surface area contributed by atoms with Gasteiger partial charge in [0.05, 0.1) is 11.1 Å². The molecule has 0 bridgehead atoms. The van der Waals surface area contributed by atoms with Crippen LogP contribution in [0, 0.1) is 11.3 Å². The lowest BCUT2D eigenvalue weighted by molar-refractivity contribution is -0.138. The number of rotatable bonds is 5. The van der Waals surface area contributed by atoms with Crippen LogP contribution in [0.15, 0.2) is 66.7 Å². The van der Waals surface area contributed by atoms with E-state index in [2.05, 4.69) is 15.4 Å². The van der Waals surface area contributed by atoms with Gasteiger partial charge in [0, 0.05) is 5.56 Å². The van der Waals surface area contributed by atoms with E-state index in [1.54, 1.807) is 30.4 Å². The molecule has 0 aliphatic heterocycles. The molecule has 37 heavy (non-hydrogen) atoms. The van der Waals surface area contributed by atoms with Crippen LogP contribution >= 0.6 is 0 Å². The van der Waals surface area contributed by atoms with Crippen LogP contribution in [0.2, 0.25) is 0 Å². The van der Waals surface area contributed by atoms with Crippen LogP contribution in [0.25, 0.3) is 35.6 Å². The first-order chi connectivity index (χ1) is 17.5. The van der Waals surface area contributed by atoms with E-state index < -0.39 is 23.5 Å². The molecule has 0 aliphatic rings. The molecule has 0 radical (unpaired) electrons. The van der Waals surface area contributed by atoms with Crippen LogP contribution in [0.5, 0.6) is 0 Å². The third-order valence-electron chi connectivity index (χ3n) is 5.28. The van der Waals surface area contributed by atoms with E-state index >= 15 is 0 Å². The van der Waals surface area contributed by atoms with Gasteiger partial charge >= 0.3 is 12.4 Å². The Morgan fingerprint density at radius 1 is 0.676 bits per heavy atom. The molecule has 186 valence electrons. The van der Waals surface area contributed by atoms with Gasteiger partial charge in [0.15, 0.2) is 5.69 Å². The fourth-order valence-corrected chi connectivity index (χ4v) is 3.54. The van der Waals surface area contributed by atoms with Gasteiger partial charge in [0.1, 0.15) is 11.8 Å². The smallest absolute Gasteiger partial charge is 0.247 e. The molecule has 1 N–H and O–H groups in total. The van der Waals surface area contributed by atoms with Gasteiger partial charge in [0.2, 0.25) is 0 Å². The molecule has 0 unspecified atom stereocenters. The van der Waals surface area contributed by atoms with Crippen molar-refractivity contribution in [3.8, 4) is 17.3 Å². The van der Waals surface area contributed by atoms with Gasteiger partial charge in [-0.2, -0.15) is 31.6 Å². The van der Waals surface area contributed by atoms with Crippen molar-refractivity contribution in [2.75, 3.05) is 0 Å². The first-order valence-corrected chi connectivity index (χ1v) is 10.7. The lowest BCUT2D eigenvalue weighted by Crippen LogP contribution is -2.04. The molecular formula is C27H16F6N4. The summed E-state index contributed by atoms with van der Waals surface area (Å²) < 4.78 is 78.3. The van der Waals surface area contributed by atoms with Crippen molar-refractivity contribution in [2.24, 2.45) is 0 Å². The number of H-pyrrole nitrogens is 1. The molecule has 10 heteroatoms. The first kappa shape index (κ1) is 25.4. The third kappa shape index (κ3) is 6.32. The summed E-state index contributed by atoms with van der Waals surface area (Å²) in [5.41, 5.74) is 1.04. The van der Waals surface area contributed by atoms with Gasteiger partial charge in [-0.05, 0) is 64.7 Å². The Morgan fingerprint density at radius 2 is 1.16 bits per heavy atom. The predicted molar refractivity (Wildman–Crippen MR) is 127 cm³/mol. The highest BCUT2D eigenvalue weighted by molar-refractivity contribution is 5.79. The fraction of sp³-hybridized carbons (Fsp3) is 0.0741. The largest absolute Gasteiger partial charge is 0.416 e. The van der Waals surface area contributed by atoms with Gasteiger partial charge in [-0.3, -0.25) is 0 Å². The Balaban J connectivity index is 1.73. The normalized spacial score (nSPS) is 12.4. The van der Waals surface area contributed by atoms with E-state index in [0.717, 1.165) is 24.3 Å². The van der Waals surface area contributed by atoms with E-state index in [9.17, 15) is 31.6 Å². The molecule has 1 aromatic heterocycles. The number of halogens is 6. The average molecular weight is 510 g/mol. The molecule has 1 heterocycles. The van der Waals surface area contributed by atoms with E-state index in [1.165, 1.54) is 36.4 Å². The number of aromatic nitrogens is 3. The number of aromatic amines is 1. The van der Waals surface area contributed by atoms with Gasteiger partial charge in [-0.15, -0.1) is 5.10 Å². The SMILES string of the molecule is N#Cc1[nH]nnc1-c1cc(/C=C/c2cccc(C(F)(F)F)c2)cc(/C=C/c2cccc(C(F)(F)F)c2)c1. The Morgan fingerprint density at radius 3 is 1.62 bits per heavy atom. The van der Waals surface area contributed by atoms with Crippen molar-refractivity contribution in [2.45, 2.75) is 12.4 Å². The highest BCUT2D eigenvalue weighted by Gasteiger charge is 2.30. The maximum absolute atomic E-state index is 13.0. The number of nitrogens with zero attached hydrogens (tertiary/aromatic N) is 3. The first-order valence-electron chi connectivity index (χ1n) is 10.7. The van der Waals surface area contributed by atoms with Gasteiger partial charge in [0.25, 0.3) is 0 Å². The number of hydrogen-bond acceptors (Lipinski definition) is 3. The predicted octanol–water partition coefficient (Wildman–Crippen LogP) is 7.72. The maximum Gasteiger partial charge on any atom is 0.416 e. The molecule has 0 aliphatic carbocycles. The molecule has 0 saturated carbocycles. The Bertz CT molecular complexity index is 1440. The molecule has 0 saturated heterocycles. The summed E-state index contributed by atoms with van der Waals surface area (Å²) >= 11 is 0. The summed E-state index contributed by atoms with van der Waals surface area (Å²) in [7, 11) is 0. The molecular weight excluding hydrogens is 494 g/mol. The molecule has 0 spiro atoms. The zero-order chi connectivity index (χ0) is 26.6. The summed E-state index contributed by atoms with van der Waals surface area (Å²) in [5.74, 6) is 0. The van der Waals surface area contributed by atoms with Gasteiger partial charge in [-0.1, -0.05) is 53.8 Å². The maximum atomic E-state index is 13.0.